The third-order valence-corrected chi connectivity index (χ3v) is 5.26. The highest BCUT2D eigenvalue weighted by Gasteiger charge is 2.37. The largest absolute Gasteiger partial charge is 0.459 e. The van der Waals surface area contributed by atoms with Crippen molar-refractivity contribution in [2.24, 2.45) is 0 Å². The number of furan rings is 1. The van der Waals surface area contributed by atoms with Gasteiger partial charge in [-0.15, -0.1) is 0 Å². The lowest BCUT2D eigenvalue weighted by molar-refractivity contribution is -0.153. The highest BCUT2D eigenvalue weighted by atomic mass is 19.1. The number of carbonyl (C=O) groups is 3. The maximum atomic E-state index is 13.0. The molecule has 164 valence electrons. The minimum Gasteiger partial charge on any atom is -0.459 e. The molecule has 1 aliphatic heterocycles. The molecule has 1 aromatic heterocycles. The van der Waals surface area contributed by atoms with Crippen molar-refractivity contribution in [3.8, 4) is 0 Å². The van der Waals surface area contributed by atoms with Gasteiger partial charge in [-0.1, -0.05) is 36.4 Å². The van der Waals surface area contributed by atoms with Crippen molar-refractivity contribution in [3.05, 3.63) is 95.2 Å². The summed E-state index contributed by atoms with van der Waals surface area (Å²) in [4.78, 5) is 39.3. The van der Waals surface area contributed by atoms with E-state index in [1.807, 2.05) is 24.3 Å². The standard InChI is InChI=1S/C24H21FN2O5/c25-19-9-7-16(8-10-19)13-26-22(28)15-32-24(30)20-12-17-4-1-2-5-18(17)14-27(20)23(29)21-6-3-11-31-21/h1-11,20H,12-15H2,(H,26,28). The molecule has 2 aromatic carbocycles. The Kier molecular flexibility index (Phi) is 6.30. The molecule has 0 bridgehead atoms. The van der Waals surface area contributed by atoms with Crippen LogP contribution in [0.4, 0.5) is 4.39 Å². The number of amides is 2. The van der Waals surface area contributed by atoms with E-state index in [1.165, 1.54) is 29.4 Å². The zero-order valence-electron chi connectivity index (χ0n) is 17.1. The van der Waals surface area contributed by atoms with Gasteiger partial charge in [-0.25, -0.2) is 9.18 Å². The number of nitrogens with one attached hydrogen (secondary N) is 1. The van der Waals surface area contributed by atoms with Gasteiger partial charge in [0.2, 0.25) is 0 Å². The lowest BCUT2D eigenvalue weighted by Gasteiger charge is -2.34. The van der Waals surface area contributed by atoms with E-state index < -0.39 is 30.4 Å². The van der Waals surface area contributed by atoms with Crippen LogP contribution in [0.3, 0.4) is 0 Å². The van der Waals surface area contributed by atoms with Crippen LogP contribution in [0.5, 0.6) is 0 Å². The molecule has 0 fully saturated rings. The van der Waals surface area contributed by atoms with Gasteiger partial charge in [0.1, 0.15) is 11.9 Å². The molecule has 32 heavy (non-hydrogen) atoms. The molecule has 7 nitrogen and oxygen atoms in total. The Morgan fingerprint density at radius 2 is 1.78 bits per heavy atom. The van der Waals surface area contributed by atoms with Crippen molar-refractivity contribution < 1.29 is 27.9 Å². The predicted molar refractivity (Wildman–Crippen MR) is 112 cm³/mol. The lowest BCUT2D eigenvalue weighted by Crippen LogP contribution is -2.49. The average molecular weight is 436 g/mol. The first-order valence-corrected chi connectivity index (χ1v) is 10.1. The van der Waals surface area contributed by atoms with Gasteiger partial charge in [-0.2, -0.15) is 0 Å². The van der Waals surface area contributed by atoms with Crippen LogP contribution < -0.4 is 5.32 Å². The maximum absolute atomic E-state index is 13.0. The molecule has 1 unspecified atom stereocenters. The van der Waals surface area contributed by atoms with Crippen molar-refractivity contribution in [1.82, 2.24) is 10.2 Å². The lowest BCUT2D eigenvalue weighted by atomic mass is 9.93. The van der Waals surface area contributed by atoms with E-state index >= 15 is 0 Å². The molecule has 3 aromatic rings. The van der Waals surface area contributed by atoms with Crippen LogP contribution in [-0.4, -0.2) is 35.3 Å². The Hall–Kier alpha value is -3.94. The second-order valence-electron chi connectivity index (χ2n) is 7.41. The molecule has 0 saturated carbocycles. The SMILES string of the molecule is O=C(COC(=O)C1Cc2ccccc2CN1C(=O)c1ccco1)NCc1ccc(F)cc1. The highest BCUT2D eigenvalue weighted by molar-refractivity contribution is 5.95. The van der Waals surface area contributed by atoms with E-state index in [1.54, 1.807) is 18.2 Å². The molecular formula is C24H21FN2O5. The number of ether oxygens (including phenoxy) is 1. The molecule has 1 N–H and O–H groups in total. The van der Waals surface area contributed by atoms with Gasteiger partial charge in [0.25, 0.3) is 11.8 Å². The van der Waals surface area contributed by atoms with Gasteiger partial charge in [0.15, 0.2) is 12.4 Å². The number of fused-ring (bicyclic) bond motifs is 1. The van der Waals surface area contributed by atoms with E-state index in [-0.39, 0.29) is 31.1 Å². The topological polar surface area (TPSA) is 88.9 Å². The summed E-state index contributed by atoms with van der Waals surface area (Å²) in [6.07, 6.45) is 1.67. The van der Waals surface area contributed by atoms with Gasteiger partial charge < -0.3 is 19.4 Å². The summed E-state index contributed by atoms with van der Waals surface area (Å²) < 4.78 is 23.4. The Labute approximate surface area is 183 Å². The van der Waals surface area contributed by atoms with Crippen molar-refractivity contribution in [1.29, 1.82) is 0 Å². The van der Waals surface area contributed by atoms with Gasteiger partial charge in [0.05, 0.1) is 6.26 Å². The summed E-state index contributed by atoms with van der Waals surface area (Å²) in [6, 6.07) is 15.5. The Bertz CT molecular complexity index is 1110. The number of hydrogen-bond donors (Lipinski definition) is 1. The summed E-state index contributed by atoms with van der Waals surface area (Å²) in [7, 11) is 0. The van der Waals surface area contributed by atoms with Crippen LogP contribution in [0.15, 0.2) is 71.3 Å². The van der Waals surface area contributed by atoms with Gasteiger partial charge in [-0.3, -0.25) is 9.59 Å². The fourth-order valence-corrected chi connectivity index (χ4v) is 3.58. The summed E-state index contributed by atoms with van der Waals surface area (Å²) in [5.74, 6) is -1.83. The predicted octanol–water partition coefficient (Wildman–Crippen LogP) is 2.85. The summed E-state index contributed by atoms with van der Waals surface area (Å²) >= 11 is 0. The second-order valence-corrected chi connectivity index (χ2v) is 7.41. The molecular weight excluding hydrogens is 415 g/mol. The first-order valence-electron chi connectivity index (χ1n) is 10.1. The normalized spacial score (nSPS) is 15.0. The number of rotatable bonds is 6. The molecule has 1 atom stereocenters. The number of nitrogens with zero attached hydrogens (tertiary/aromatic N) is 1. The Morgan fingerprint density at radius 3 is 2.50 bits per heavy atom. The van der Waals surface area contributed by atoms with E-state index in [4.69, 9.17) is 9.15 Å². The molecule has 8 heteroatoms. The molecule has 0 spiro atoms. The minimum atomic E-state index is -0.882. The van der Waals surface area contributed by atoms with Crippen LogP contribution in [0, 0.1) is 5.82 Å². The number of hydrogen-bond acceptors (Lipinski definition) is 5. The van der Waals surface area contributed by atoms with Gasteiger partial charge in [0, 0.05) is 19.5 Å². The second kappa shape index (κ2) is 9.47. The number of carbonyl (C=O) groups excluding carboxylic acids is 3. The minimum absolute atomic E-state index is 0.124. The van der Waals surface area contributed by atoms with E-state index in [0.29, 0.717) is 5.56 Å². The van der Waals surface area contributed by atoms with Crippen LogP contribution in [0.2, 0.25) is 0 Å². The zero-order chi connectivity index (χ0) is 22.5. The van der Waals surface area contributed by atoms with Crippen LogP contribution in [0.1, 0.15) is 27.2 Å². The van der Waals surface area contributed by atoms with E-state index in [9.17, 15) is 18.8 Å². The summed E-state index contributed by atoms with van der Waals surface area (Å²) in [5, 5.41) is 2.61. The maximum Gasteiger partial charge on any atom is 0.329 e. The van der Waals surface area contributed by atoms with Gasteiger partial charge >= 0.3 is 5.97 Å². The summed E-state index contributed by atoms with van der Waals surface area (Å²) in [5.41, 5.74) is 2.59. The smallest absolute Gasteiger partial charge is 0.329 e. The molecule has 0 aliphatic carbocycles. The van der Waals surface area contributed by atoms with Crippen LogP contribution in [0.25, 0.3) is 0 Å². The van der Waals surface area contributed by atoms with Crippen molar-refractivity contribution >= 4 is 17.8 Å². The number of esters is 1. The number of benzene rings is 2. The summed E-state index contributed by atoms with van der Waals surface area (Å²) in [6.45, 7) is -0.0796. The van der Waals surface area contributed by atoms with E-state index in [2.05, 4.69) is 5.32 Å². The number of halogens is 1. The average Bonchev–Trinajstić information content (AvgIpc) is 3.36. The molecule has 2 heterocycles. The third-order valence-electron chi connectivity index (χ3n) is 5.26. The van der Waals surface area contributed by atoms with Crippen molar-refractivity contribution in [2.45, 2.75) is 25.6 Å². The molecule has 0 radical (unpaired) electrons. The van der Waals surface area contributed by atoms with Crippen LogP contribution >= 0.6 is 0 Å². The monoisotopic (exact) mass is 436 g/mol. The highest BCUT2D eigenvalue weighted by Crippen LogP contribution is 2.26. The first kappa shape index (κ1) is 21.3. The fraction of sp³-hybridized carbons (Fsp3) is 0.208. The quantitative estimate of drug-likeness (QED) is 0.601. The molecule has 0 saturated heterocycles. The van der Waals surface area contributed by atoms with Gasteiger partial charge in [-0.05, 0) is 41.0 Å². The first-order chi connectivity index (χ1) is 15.5. The van der Waals surface area contributed by atoms with Crippen molar-refractivity contribution in [2.75, 3.05) is 6.61 Å². The molecule has 4 rings (SSSR count). The Morgan fingerprint density at radius 1 is 1.03 bits per heavy atom. The van der Waals surface area contributed by atoms with Crippen LogP contribution in [-0.2, 0) is 33.8 Å². The Balaban J connectivity index is 1.40. The third kappa shape index (κ3) is 4.85. The zero-order valence-corrected chi connectivity index (χ0v) is 17.1. The molecule has 2 amide bonds. The molecule has 1 aliphatic rings. The fourth-order valence-electron chi connectivity index (χ4n) is 3.58. The van der Waals surface area contributed by atoms with E-state index in [0.717, 1.165) is 11.1 Å². The van der Waals surface area contributed by atoms with Crippen molar-refractivity contribution in [3.63, 3.8) is 0 Å².